The van der Waals surface area contributed by atoms with Gasteiger partial charge in [-0.25, -0.2) is 4.98 Å². The number of rotatable bonds is 9. The summed E-state index contributed by atoms with van der Waals surface area (Å²) in [4.78, 5) is 32.8. The summed E-state index contributed by atoms with van der Waals surface area (Å²) in [6.45, 7) is 1.10. The molecule has 2 atom stereocenters. The van der Waals surface area contributed by atoms with Crippen molar-refractivity contribution in [3.05, 3.63) is 78.1 Å². The molecule has 4 aromatic rings. The van der Waals surface area contributed by atoms with Gasteiger partial charge in [0.15, 0.2) is 17.0 Å². The number of nitrogens with one attached hydrogen (secondary N) is 2. The van der Waals surface area contributed by atoms with Crippen LogP contribution in [0.25, 0.3) is 11.2 Å². The summed E-state index contributed by atoms with van der Waals surface area (Å²) >= 11 is 0. The molecule has 36 heavy (non-hydrogen) atoms. The van der Waals surface area contributed by atoms with E-state index in [9.17, 15) is 19.5 Å². The second-order valence-electron chi connectivity index (χ2n) is 9.34. The summed E-state index contributed by atoms with van der Waals surface area (Å²) in [5.41, 5.74) is 1.96. The van der Waals surface area contributed by atoms with E-state index in [0.29, 0.717) is 48.9 Å². The molecule has 0 spiro atoms. The van der Waals surface area contributed by atoms with Gasteiger partial charge in [-0.05, 0) is 30.4 Å². The lowest BCUT2D eigenvalue weighted by molar-refractivity contribution is 0.0625. The van der Waals surface area contributed by atoms with Crippen molar-refractivity contribution in [1.29, 1.82) is 0 Å². The maximum absolute atomic E-state index is 11.5. The molecule has 0 unspecified atom stereocenters. The van der Waals surface area contributed by atoms with Gasteiger partial charge in [0.25, 0.3) is 0 Å². The molecule has 188 valence electrons. The van der Waals surface area contributed by atoms with Crippen LogP contribution in [-0.2, 0) is 17.7 Å². The topological polar surface area (TPSA) is 145 Å². The van der Waals surface area contributed by atoms with Crippen molar-refractivity contribution < 1.29 is 19.5 Å². The second kappa shape index (κ2) is 9.99. The van der Waals surface area contributed by atoms with E-state index in [-0.39, 0.29) is 12.5 Å². The largest absolute Gasteiger partial charge is 0.389 e. The van der Waals surface area contributed by atoms with Crippen molar-refractivity contribution in [2.24, 2.45) is 0 Å². The first-order valence-electron chi connectivity index (χ1n) is 11.9. The molecule has 2 aromatic heterocycles. The van der Waals surface area contributed by atoms with E-state index < -0.39 is 19.4 Å². The standard InChI is InChI=1S/C25H29N6O4P/c32-25(16-36(33,34)35)12-11-20(13-25)31-17-28-21-22(26-14-18-7-3-1-4-8-18)29-24(30-23(21)31)27-15-19-9-5-2-6-10-19/h1-10,17,20,32H,11-16H2,(H2,33,34,35)(H2,26,27,29,30)/t20-,25-/m0/s1. The number of hydrogen-bond donors (Lipinski definition) is 5. The van der Waals surface area contributed by atoms with Crippen molar-refractivity contribution in [3.8, 4) is 0 Å². The normalized spacial score (nSPS) is 20.0. The van der Waals surface area contributed by atoms with Crippen LogP contribution in [0, 0.1) is 0 Å². The van der Waals surface area contributed by atoms with Crippen molar-refractivity contribution >= 4 is 30.5 Å². The van der Waals surface area contributed by atoms with Gasteiger partial charge in [0.1, 0.15) is 0 Å². The lowest BCUT2D eigenvalue weighted by atomic mass is 10.1. The van der Waals surface area contributed by atoms with E-state index in [1.807, 2.05) is 65.2 Å². The molecule has 0 bridgehead atoms. The first kappa shape index (κ1) is 24.4. The molecule has 2 aromatic carbocycles. The predicted molar refractivity (Wildman–Crippen MR) is 138 cm³/mol. The molecule has 0 amide bonds. The SMILES string of the molecule is O=P(O)(O)C[C@]1(O)CC[C@H](n2cnc3c(NCc4ccccc4)nc(NCc4ccccc4)nc32)C1. The molecule has 11 heteroatoms. The molecule has 10 nitrogen and oxygen atoms in total. The summed E-state index contributed by atoms with van der Waals surface area (Å²) < 4.78 is 13.4. The van der Waals surface area contributed by atoms with Gasteiger partial charge in [-0.3, -0.25) is 4.57 Å². The Balaban J connectivity index is 1.45. The number of imidazole rings is 1. The molecular formula is C25H29N6O4P. The number of anilines is 2. The Morgan fingerprint density at radius 1 is 0.972 bits per heavy atom. The van der Waals surface area contributed by atoms with Gasteiger partial charge in [-0.2, -0.15) is 9.97 Å². The first-order chi connectivity index (χ1) is 17.3. The number of aliphatic hydroxyl groups is 1. The van der Waals surface area contributed by atoms with Gasteiger partial charge in [0, 0.05) is 19.1 Å². The lowest BCUT2D eigenvalue weighted by Gasteiger charge is -2.23. The van der Waals surface area contributed by atoms with Crippen LogP contribution in [0.5, 0.6) is 0 Å². The van der Waals surface area contributed by atoms with E-state index in [0.717, 1.165) is 11.1 Å². The summed E-state index contributed by atoms with van der Waals surface area (Å²) in [5, 5.41) is 17.5. The van der Waals surface area contributed by atoms with Crippen molar-refractivity contribution in [1.82, 2.24) is 19.5 Å². The van der Waals surface area contributed by atoms with Crippen LogP contribution in [0.3, 0.4) is 0 Å². The zero-order valence-electron chi connectivity index (χ0n) is 19.7. The molecule has 5 rings (SSSR count). The summed E-state index contributed by atoms with van der Waals surface area (Å²) in [7, 11) is -4.34. The van der Waals surface area contributed by atoms with Crippen LogP contribution in [0.2, 0.25) is 0 Å². The molecular weight excluding hydrogens is 479 g/mol. The third-order valence-electron chi connectivity index (χ3n) is 6.47. The third-order valence-corrected chi connectivity index (χ3v) is 7.47. The third kappa shape index (κ3) is 5.74. The number of aromatic nitrogens is 4. The Bertz CT molecular complexity index is 1380. The fourth-order valence-electron chi connectivity index (χ4n) is 4.79. The van der Waals surface area contributed by atoms with E-state index in [1.54, 1.807) is 6.33 Å². The van der Waals surface area contributed by atoms with E-state index >= 15 is 0 Å². The Morgan fingerprint density at radius 3 is 2.25 bits per heavy atom. The molecule has 1 aliphatic rings. The first-order valence-corrected chi connectivity index (χ1v) is 13.6. The summed E-state index contributed by atoms with van der Waals surface area (Å²) in [6.07, 6.45) is 2.19. The Kier molecular flexibility index (Phi) is 6.77. The van der Waals surface area contributed by atoms with Crippen molar-refractivity contribution in [2.45, 2.75) is 44.0 Å². The highest BCUT2D eigenvalue weighted by molar-refractivity contribution is 7.51. The Morgan fingerprint density at radius 2 is 1.61 bits per heavy atom. The number of hydrogen-bond acceptors (Lipinski definition) is 7. The number of fused-ring (bicyclic) bond motifs is 1. The molecule has 1 aliphatic carbocycles. The van der Waals surface area contributed by atoms with Gasteiger partial charge in [0.05, 0.1) is 18.1 Å². The van der Waals surface area contributed by atoms with Gasteiger partial charge in [0.2, 0.25) is 5.95 Å². The van der Waals surface area contributed by atoms with Crippen molar-refractivity contribution in [2.75, 3.05) is 16.8 Å². The zero-order chi connectivity index (χ0) is 25.2. The van der Waals surface area contributed by atoms with E-state index in [4.69, 9.17) is 4.98 Å². The summed E-state index contributed by atoms with van der Waals surface area (Å²) in [6, 6.07) is 19.7. The van der Waals surface area contributed by atoms with Gasteiger partial charge in [-0.15, -0.1) is 0 Å². The molecule has 1 fully saturated rings. The van der Waals surface area contributed by atoms with Crippen LogP contribution in [-0.4, -0.2) is 46.2 Å². The molecule has 5 N–H and O–H groups in total. The molecule has 0 radical (unpaired) electrons. The monoisotopic (exact) mass is 508 g/mol. The Hall–Kier alpha value is -3.30. The highest BCUT2D eigenvalue weighted by atomic mass is 31.2. The fourth-order valence-corrected chi connectivity index (χ4v) is 5.84. The average Bonchev–Trinajstić information content (AvgIpc) is 3.44. The maximum Gasteiger partial charge on any atom is 0.328 e. The minimum atomic E-state index is -4.34. The molecule has 2 heterocycles. The van der Waals surface area contributed by atoms with E-state index in [2.05, 4.69) is 20.6 Å². The number of benzene rings is 2. The second-order valence-corrected chi connectivity index (χ2v) is 11.0. The van der Waals surface area contributed by atoms with Crippen LogP contribution in [0.1, 0.15) is 36.4 Å². The number of nitrogens with zero attached hydrogens (tertiary/aromatic N) is 4. The van der Waals surface area contributed by atoms with E-state index in [1.165, 1.54) is 0 Å². The van der Waals surface area contributed by atoms with Gasteiger partial charge >= 0.3 is 7.60 Å². The van der Waals surface area contributed by atoms with Crippen LogP contribution < -0.4 is 10.6 Å². The highest BCUT2D eigenvalue weighted by Gasteiger charge is 2.43. The average molecular weight is 509 g/mol. The molecule has 1 saturated carbocycles. The minimum Gasteiger partial charge on any atom is -0.389 e. The smallest absolute Gasteiger partial charge is 0.328 e. The molecule has 0 aliphatic heterocycles. The van der Waals surface area contributed by atoms with Crippen LogP contribution in [0.15, 0.2) is 67.0 Å². The summed E-state index contributed by atoms with van der Waals surface area (Å²) in [5.74, 6) is 1.02. The lowest BCUT2D eigenvalue weighted by Crippen LogP contribution is -2.30. The zero-order valence-corrected chi connectivity index (χ0v) is 20.6. The van der Waals surface area contributed by atoms with Gasteiger partial charge < -0.3 is 30.1 Å². The van der Waals surface area contributed by atoms with Crippen molar-refractivity contribution in [3.63, 3.8) is 0 Å². The quantitative estimate of drug-likeness (QED) is 0.214. The van der Waals surface area contributed by atoms with Crippen LogP contribution >= 0.6 is 7.60 Å². The Labute approximate surface area is 208 Å². The van der Waals surface area contributed by atoms with Gasteiger partial charge in [-0.1, -0.05) is 60.7 Å². The maximum atomic E-state index is 11.5. The highest BCUT2D eigenvalue weighted by Crippen LogP contribution is 2.47. The fraction of sp³-hybridized carbons (Fsp3) is 0.320. The van der Waals surface area contributed by atoms with Crippen LogP contribution in [0.4, 0.5) is 11.8 Å². The predicted octanol–water partition coefficient (Wildman–Crippen LogP) is 3.68. The molecule has 0 saturated heterocycles. The minimum absolute atomic E-state index is 0.189.